The van der Waals surface area contributed by atoms with E-state index >= 15 is 0 Å². The number of hydrogen-bond acceptors (Lipinski definition) is 3. The van der Waals surface area contributed by atoms with Crippen molar-refractivity contribution in [2.45, 2.75) is 50.5 Å². The molecule has 3 nitrogen and oxygen atoms in total. The van der Waals surface area contributed by atoms with Gasteiger partial charge < -0.3 is 5.32 Å². The Balaban J connectivity index is 1.89. The molecule has 1 heterocycles. The van der Waals surface area contributed by atoms with Gasteiger partial charge in [0.1, 0.15) is 0 Å². The van der Waals surface area contributed by atoms with E-state index in [4.69, 9.17) is 0 Å². The summed E-state index contributed by atoms with van der Waals surface area (Å²) in [6.07, 6.45) is 8.29. The van der Waals surface area contributed by atoms with Crippen molar-refractivity contribution in [3.05, 3.63) is 58.3 Å². The Morgan fingerprint density at radius 2 is 2.13 bits per heavy atom. The van der Waals surface area contributed by atoms with Crippen LogP contribution in [-0.4, -0.2) is 11.8 Å². The second-order valence-electron chi connectivity index (χ2n) is 6.67. The molecule has 3 aliphatic rings. The highest BCUT2D eigenvalue weighted by molar-refractivity contribution is 5.99. The first-order chi connectivity index (χ1) is 11.3. The van der Waals surface area contributed by atoms with Crippen LogP contribution in [0, 0.1) is 11.3 Å². The minimum absolute atomic E-state index is 0.0395. The number of nitrogens with one attached hydrogen (secondary N) is 1. The third kappa shape index (κ3) is 2.39. The number of Topliss-reactive ketones (excluding diaryl/α,β-unsaturated/α-hetero) is 1. The van der Waals surface area contributed by atoms with E-state index in [9.17, 15) is 10.1 Å². The monoisotopic (exact) mass is 304 g/mol. The van der Waals surface area contributed by atoms with Gasteiger partial charge in [0.25, 0.3) is 0 Å². The summed E-state index contributed by atoms with van der Waals surface area (Å²) in [7, 11) is 0. The molecule has 0 fully saturated rings. The maximum atomic E-state index is 12.7. The lowest BCUT2D eigenvalue weighted by Gasteiger charge is -2.41. The first kappa shape index (κ1) is 14.3. The number of rotatable bonds is 1. The van der Waals surface area contributed by atoms with Gasteiger partial charge in [-0.05, 0) is 55.4 Å². The van der Waals surface area contributed by atoms with E-state index in [-0.39, 0.29) is 11.7 Å². The lowest BCUT2D eigenvalue weighted by Crippen LogP contribution is -2.42. The van der Waals surface area contributed by atoms with E-state index in [1.54, 1.807) is 0 Å². The van der Waals surface area contributed by atoms with E-state index < -0.39 is 0 Å². The van der Waals surface area contributed by atoms with Crippen LogP contribution >= 0.6 is 0 Å². The third-order valence-electron chi connectivity index (χ3n) is 5.26. The Hall–Kier alpha value is -2.34. The second-order valence-corrected chi connectivity index (χ2v) is 6.67. The molecule has 0 radical (unpaired) electrons. The largest absolute Gasteiger partial charge is 0.381 e. The summed E-state index contributed by atoms with van der Waals surface area (Å²) in [5.74, 6) is 0.314. The molecule has 0 saturated heterocycles. The fourth-order valence-corrected chi connectivity index (χ4v) is 4.25. The van der Waals surface area contributed by atoms with E-state index in [0.29, 0.717) is 18.0 Å². The van der Waals surface area contributed by atoms with Gasteiger partial charge in [0.2, 0.25) is 0 Å². The minimum atomic E-state index is 0.0395. The lowest BCUT2D eigenvalue weighted by molar-refractivity contribution is -0.116. The summed E-state index contributed by atoms with van der Waals surface area (Å²) in [6, 6.07) is 10.4. The Morgan fingerprint density at radius 1 is 1.22 bits per heavy atom. The number of nitriles is 1. The Labute approximate surface area is 136 Å². The number of hydrogen-bond donors (Lipinski definition) is 1. The smallest absolute Gasteiger partial charge is 0.161 e. The molecular weight excluding hydrogens is 284 g/mol. The van der Waals surface area contributed by atoms with E-state index in [2.05, 4.69) is 23.5 Å². The maximum Gasteiger partial charge on any atom is 0.161 e. The van der Waals surface area contributed by atoms with E-state index in [1.165, 1.54) is 12.0 Å². The number of allylic oxidation sites excluding steroid dienone is 3. The zero-order valence-electron chi connectivity index (χ0n) is 13.1. The molecule has 2 unspecified atom stereocenters. The van der Waals surface area contributed by atoms with Gasteiger partial charge in [0.15, 0.2) is 5.78 Å². The molecule has 4 rings (SSSR count). The highest BCUT2D eigenvalue weighted by Gasteiger charge is 2.39. The summed E-state index contributed by atoms with van der Waals surface area (Å²) >= 11 is 0. The van der Waals surface area contributed by atoms with Crippen LogP contribution < -0.4 is 5.32 Å². The van der Waals surface area contributed by atoms with Crippen LogP contribution in [-0.2, 0) is 4.79 Å². The number of benzene rings is 1. The quantitative estimate of drug-likeness (QED) is 0.804. The summed E-state index contributed by atoms with van der Waals surface area (Å²) < 4.78 is 0. The van der Waals surface area contributed by atoms with Crippen molar-refractivity contribution in [3.63, 3.8) is 0 Å². The van der Waals surface area contributed by atoms with Gasteiger partial charge in [0.05, 0.1) is 11.6 Å². The Morgan fingerprint density at radius 3 is 3.00 bits per heavy atom. The van der Waals surface area contributed by atoms with Gasteiger partial charge in [-0.15, -0.1) is 0 Å². The summed E-state index contributed by atoms with van der Waals surface area (Å²) in [5, 5.41) is 12.9. The summed E-state index contributed by atoms with van der Waals surface area (Å²) in [5.41, 5.74) is 5.19. The van der Waals surface area contributed by atoms with Crippen molar-refractivity contribution >= 4 is 5.78 Å². The molecule has 2 aliphatic carbocycles. The van der Waals surface area contributed by atoms with Crippen molar-refractivity contribution in [2.24, 2.45) is 0 Å². The van der Waals surface area contributed by atoms with Crippen LogP contribution in [0.2, 0.25) is 0 Å². The summed E-state index contributed by atoms with van der Waals surface area (Å²) in [6.45, 7) is 0. The Bertz CT molecular complexity index is 766. The molecule has 1 N–H and O–H groups in total. The van der Waals surface area contributed by atoms with Crippen LogP contribution in [0.15, 0.2) is 47.2 Å². The van der Waals surface area contributed by atoms with Gasteiger partial charge >= 0.3 is 0 Å². The van der Waals surface area contributed by atoms with Crippen molar-refractivity contribution in [1.29, 1.82) is 5.26 Å². The van der Waals surface area contributed by atoms with Crippen molar-refractivity contribution < 1.29 is 4.79 Å². The fraction of sp³-hybridized carbons (Fsp3) is 0.400. The SMILES string of the molecule is N#Cc1cccc(C2C3=CCCCC3NC3=C2C(=O)CCC3)c1. The predicted octanol–water partition coefficient (Wildman–Crippen LogP) is 3.73. The van der Waals surface area contributed by atoms with Crippen LogP contribution in [0.1, 0.15) is 55.6 Å². The van der Waals surface area contributed by atoms with Crippen LogP contribution in [0.3, 0.4) is 0 Å². The molecule has 0 amide bonds. The van der Waals surface area contributed by atoms with Gasteiger partial charge in [-0.25, -0.2) is 0 Å². The zero-order valence-corrected chi connectivity index (χ0v) is 13.1. The first-order valence-electron chi connectivity index (χ1n) is 8.50. The Kier molecular flexibility index (Phi) is 3.53. The molecule has 23 heavy (non-hydrogen) atoms. The molecule has 116 valence electrons. The first-order valence-corrected chi connectivity index (χ1v) is 8.50. The van der Waals surface area contributed by atoms with Crippen LogP contribution in [0.25, 0.3) is 0 Å². The molecule has 0 aromatic heterocycles. The highest BCUT2D eigenvalue weighted by atomic mass is 16.1. The maximum absolute atomic E-state index is 12.7. The van der Waals surface area contributed by atoms with Gasteiger partial charge in [-0.2, -0.15) is 5.26 Å². The number of nitrogens with zero attached hydrogens (tertiary/aromatic N) is 1. The lowest BCUT2D eigenvalue weighted by atomic mass is 9.70. The molecule has 2 atom stereocenters. The van der Waals surface area contributed by atoms with Crippen molar-refractivity contribution in [3.8, 4) is 6.07 Å². The fourth-order valence-electron chi connectivity index (χ4n) is 4.25. The number of carbonyl (C=O) groups is 1. The molecular formula is C20H20N2O. The third-order valence-corrected chi connectivity index (χ3v) is 5.26. The molecule has 1 aromatic carbocycles. The molecule has 0 bridgehead atoms. The van der Waals surface area contributed by atoms with Gasteiger partial charge in [-0.3, -0.25) is 4.79 Å². The second kappa shape index (κ2) is 5.70. The summed E-state index contributed by atoms with van der Waals surface area (Å²) in [4.78, 5) is 12.7. The van der Waals surface area contributed by atoms with Crippen LogP contribution in [0.5, 0.6) is 0 Å². The number of carbonyl (C=O) groups excluding carboxylic acids is 1. The van der Waals surface area contributed by atoms with Gasteiger partial charge in [0, 0.05) is 29.7 Å². The average molecular weight is 304 g/mol. The molecule has 1 aromatic rings. The topological polar surface area (TPSA) is 52.9 Å². The van der Waals surface area contributed by atoms with Crippen molar-refractivity contribution in [2.75, 3.05) is 0 Å². The van der Waals surface area contributed by atoms with Crippen LogP contribution in [0.4, 0.5) is 0 Å². The predicted molar refractivity (Wildman–Crippen MR) is 88.6 cm³/mol. The average Bonchev–Trinajstić information content (AvgIpc) is 2.60. The number of ketones is 1. The van der Waals surface area contributed by atoms with E-state index in [0.717, 1.165) is 42.5 Å². The molecule has 0 spiro atoms. The number of fused-ring (bicyclic) bond motifs is 1. The minimum Gasteiger partial charge on any atom is -0.381 e. The normalized spacial score (nSPS) is 26.6. The van der Waals surface area contributed by atoms with E-state index in [1.807, 2.05) is 18.2 Å². The molecule has 3 heteroatoms. The standard InChI is InChI=1S/C20H20N2O/c21-12-13-5-3-6-14(11-13)19-15-7-1-2-8-16(15)22-17-9-4-10-18(23)20(17)19/h3,5-7,11,16,19,22H,1-2,4,8-10H2. The van der Waals surface area contributed by atoms with Crippen molar-refractivity contribution in [1.82, 2.24) is 5.32 Å². The molecule has 0 saturated carbocycles. The van der Waals surface area contributed by atoms with Gasteiger partial charge in [-0.1, -0.05) is 18.2 Å². The highest BCUT2D eigenvalue weighted by Crippen LogP contribution is 2.45. The molecule has 1 aliphatic heterocycles. The zero-order chi connectivity index (χ0) is 15.8.